The molecule has 0 aromatic carbocycles. The third-order valence-electron chi connectivity index (χ3n) is 1.94. The molecule has 84 valence electrons. The summed E-state index contributed by atoms with van der Waals surface area (Å²) in [5.41, 5.74) is 6.85. The minimum Gasteiger partial charge on any atom is -0.397 e. The molecule has 0 bridgehead atoms. The first kappa shape index (κ1) is 10.9. The van der Waals surface area contributed by atoms with Gasteiger partial charge in [0, 0.05) is 6.20 Å². The largest absolute Gasteiger partial charge is 0.397 e. The van der Waals surface area contributed by atoms with Gasteiger partial charge in [-0.2, -0.15) is 16.7 Å². The Morgan fingerprint density at radius 2 is 2.38 bits per heavy atom. The fraction of sp³-hybridized carbons (Fsp3) is 0.300. The third kappa shape index (κ3) is 2.33. The number of nitrogens with zero attached hydrogens (tertiary/aromatic N) is 3. The number of aromatic nitrogens is 3. The highest BCUT2D eigenvalue weighted by Gasteiger charge is 2.12. The van der Waals surface area contributed by atoms with Crippen LogP contribution < -0.4 is 5.73 Å². The van der Waals surface area contributed by atoms with Crippen molar-refractivity contribution in [2.45, 2.75) is 12.7 Å². The van der Waals surface area contributed by atoms with Crippen LogP contribution in [-0.2, 0) is 5.75 Å². The number of hydrogen-bond acceptors (Lipinski definition) is 6. The maximum Gasteiger partial charge on any atom is 0.278 e. The van der Waals surface area contributed by atoms with Gasteiger partial charge in [0.15, 0.2) is 11.5 Å². The SMILES string of the molecule is CCSCc1noc(-c2ncccc2N)n1. The molecule has 0 aliphatic heterocycles. The topological polar surface area (TPSA) is 77.8 Å². The number of nitrogens with two attached hydrogens (primary N) is 1. The Kier molecular flexibility index (Phi) is 3.40. The zero-order valence-electron chi connectivity index (χ0n) is 8.88. The molecular weight excluding hydrogens is 224 g/mol. The second-order valence-electron chi connectivity index (χ2n) is 3.09. The van der Waals surface area contributed by atoms with Gasteiger partial charge >= 0.3 is 0 Å². The van der Waals surface area contributed by atoms with Crippen LogP contribution in [0.4, 0.5) is 5.69 Å². The number of thioether (sulfide) groups is 1. The summed E-state index contributed by atoms with van der Waals surface area (Å²) in [6.07, 6.45) is 1.65. The average Bonchev–Trinajstić information content (AvgIpc) is 2.75. The summed E-state index contributed by atoms with van der Waals surface area (Å²) in [6.45, 7) is 2.09. The number of pyridine rings is 1. The van der Waals surface area contributed by atoms with Gasteiger partial charge in [-0.1, -0.05) is 12.1 Å². The van der Waals surface area contributed by atoms with E-state index in [4.69, 9.17) is 10.3 Å². The maximum absolute atomic E-state index is 5.77. The first-order valence-electron chi connectivity index (χ1n) is 4.92. The van der Waals surface area contributed by atoms with Gasteiger partial charge in [-0.25, -0.2) is 4.98 Å². The molecule has 2 aromatic heterocycles. The minimum atomic E-state index is 0.379. The van der Waals surface area contributed by atoms with E-state index in [0.717, 1.165) is 11.5 Å². The molecular formula is C10H12N4OS. The second-order valence-corrected chi connectivity index (χ2v) is 4.37. The quantitative estimate of drug-likeness (QED) is 0.874. The van der Waals surface area contributed by atoms with Crippen molar-refractivity contribution < 1.29 is 4.52 Å². The Morgan fingerprint density at radius 3 is 3.12 bits per heavy atom. The Morgan fingerprint density at radius 1 is 1.50 bits per heavy atom. The zero-order valence-corrected chi connectivity index (χ0v) is 9.70. The van der Waals surface area contributed by atoms with Gasteiger partial charge in [0.2, 0.25) is 0 Å². The highest BCUT2D eigenvalue weighted by Crippen LogP contribution is 2.21. The summed E-state index contributed by atoms with van der Waals surface area (Å²) in [5, 5.41) is 3.87. The third-order valence-corrected chi connectivity index (χ3v) is 2.82. The first-order chi connectivity index (χ1) is 7.81. The van der Waals surface area contributed by atoms with E-state index >= 15 is 0 Å². The lowest BCUT2D eigenvalue weighted by molar-refractivity contribution is 0.424. The van der Waals surface area contributed by atoms with Gasteiger partial charge in [0.25, 0.3) is 5.89 Å². The van der Waals surface area contributed by atoms with Crippen LogP contribution in [0, 0.1) is 0 Å². The van der Waals surface area contributed by atoms with Crippen LogP contribution in [0.2, 0.25) is 0 Å². The van der Waals surface area contributed by atoms with Crippen molar-refractivity contribution in [1.29, 1.82) is 0 Å². The molecule has 5 nitrogen and oxygen atoms in total. The second kappa shape index (κ2) is 4.98. The standard InChI is InChI=1S/C10H12N4OS/c1-2-16-6-8-13-10(15-14-8)9-7(11)4-3-5-12-9/h3-5H,2,6,11H2,1H3. The van der Waals surface area contributed by atoms with E-state index in [9.17, 15) is 0 Å². The molecule has 0 aliphatic carbocycles. The van der Waals surface area contributed by atoms with E-state index in [1.54, 1.807) is 30.1 Å². The lowest BCUT2D eigenvalue weighted by atomic mass is 10.3. The van der Waals surface area contributed by atoms with Crippen molar-refractivity contribution in [3.05, 3.63) is 24.2 Å². The van der Waals surface area contributed by atoms with Gasteiger partial charge < -0.3 is 10.3 Å². The predicted molar refractivity (Wildman–Crippen MR) is 63.8 cm³/mol. The zero-order chi connectivity index (χ0) is 11.4. The molecule has 0 saturated carbocycles. The Balaban J connectivity index is 2.22. The van der Waals surface area contributed by atoms with Crippen molar-refractivity contribution >= 4 is 17.4 Å². The molecule has 0 radical (unpaired) electrons. The van der Waals surface area contributed by atoms with Crippen LogP contribution in [0.3, 0.4) is 0 Å². The summed E-state index contributed by atoms with van der Waals surface area (Å²) in [7, 11) is 0. The fourth-order valence-corrected chi connectivity index (χ4v) is 1.70. The van der Waals surface area contributed by atoms with Crippen LogP contribution >= 0.6 is 11.8 Å². The van der Waals surface area contributed by atoms with Crippen LogP contribution in [0.25, 0.3) is 11.6 Å². The van der Waals surface area contributed by atoms with Crippen molar-refractivity contribution in [3.63, 3.8) is 0 Å². The van der Waals surface area contributed by atoms with Crippen molar-refractivity contribution in [2.75, 3.05) is 11.5 Å². The lowest BCUT2D eigenvalue weighted by Gasteiger charge is -1.96. The van der Waals surface area contributed by atoms with Gasteiger partial charge in [-0.05, 0) is 17.9 Å². The van der Waals surface area contributed by atoms with Crippen LogP contribution in [0.5, 0.6) is 0 Å². The smallest absolute Gasteiger partial charge is 0.278 e. The molecule has 0 atom stereocenters. The van der Waals surface area contributed by atoms with Gasteiger partial charge in [-0.3, -0.25) is 0 Å². The van der Waals surface area contributed by atoms with E-state index in [-0.39, 0.29) is 0 Å². The molecule has 2 aromatic rings. The Hall–Kier alpha value is -1.56. The van der Waals surface area contributed by atoms with Crippen LogP contribution in [-0.4, -0.2) is 20.9 Å². The van der Waals surface area contributed by atoms with E-state index in [2.05, 4.69) is 22.0 Å². The highest BCUT2D eigenvalue weighted by molar-refractivity contribution is 7.98. The molecule has 0 aliphatic rings. The molecule has 0 amide bonds. The minimum absolute atomic E-state index is 0.379. The fourth-order valence-electron chi connectivity index (χ4n) is 1.20. The Bertz CT molecular complexity index is 471. The van der Waals surface area contributed by atoms with E-state index < -0.39 is 0 Å². The molecule has 6 heteroatoms. The van der Waals surface area contributed by atoms with Crippen LogP contribution in [0.15, 0.2) is 22.9 Å². The summed E-state index contributed by atoms with van der Waals surface area (Å²) < 4.78 is 5.11. The summed E-state index contributed by atoms with van der Waals surface area (Å²) in [6, 6.07) is 3.52. The number of rotatable bonds is 4. The highest BCUT2D eigenvalue weighted by atomic mass is 32.2. The molecule has 2 N–H and O–H groups in total. The van der Waals surface area contributed by atoms with Gasteiger partial charge in [-0.15, -0.1) is 0 Å². The molecule has 0 unspecified atom stereocenters. The normalized spacial score (nSPS) is 10.6. The first-order valence-corrected chi connectivity index (χ1v) is 6.08. The summed E-state index contributed by atoms with van der Waals surface area (Å²) in [5.74, 6) is 2.82. The van der Waals surface area contributed by atoms with Gasteiger partial charge in [0.05, 0.1) is 11.4 Å². The van der Waals surface area contributed by atoms with E-state index in [1.165, 1.54) is 0 Å². The molecule has 0 saturated heterocycles. The lowest BCUT2D eigenvalue weighted by Crippen LogP contribution is -1.92. The summed E-state index contributed by atoms with van der Waals surface area (Å²) >= 11 is 1.74. The predicted octanol–water partition coefficient (Wildman–Crippen LogP) is 1.97. The van der Waals surface area contributed by atoms with Crippen LogP contribution in [0.1, 0.15) is 12.7 Å². The summed E-state index contributed by atoms with van der Waals surface area (Å²) in [4.78, 5) is 8.35. The molecule has 0 spiro atoms. The van der Waals surface area contributed by atoms with Crippen molar-refractivity contribution in [3.8, 4) is 11.6 Å². The molecule has 0 fully saturated rings. The number of nitrogen functional groups attached to an aromatic ring is 1. The molecule has 2 heterocycles. The monoisotopic (exact) mass is 236 g/mol. The van der Waals surface area contributed by atoms with Gasteiger partial charge in [0.1, 0.15) is 0 Å². The molecule has 2 rings (SSSR count). The van der Waals surface area contributed by atoms with E-state index in [1.807, 2.05) is 0 Å². The van der Waals surface area contributed by atoms with Crippen molar-refractivity contribution in [1.82, 2.24) is 15.1 Å². The van der Waals surface area contributed by atoms with Crippen molar-refractivity contribution in [2.24, 2.45) is 0 Å². The maximum atomic E-state index is 5.77. The number of anilines is 1. The average molecular weight is 236 g/mol. The van der Waals surface area contributed by atoms with E-state index in [0.29, 0.717) is 23.1 Å². The number of hydrogen-bond donors (Lipinski definition) is 1. The Labute approximate surface area is 97.5 Å². The molecule has 16 heavy (non-hydrogen) atoms.